The second kappa shape index (κ2) is 14.6. The van der Waals surface area contributed by atoms with Crippen molar-refractivity contribution < 1.29 is 19.4 Å². The first kappa shape index (κ1) is 31.3. The lowest BCUT2D eigenvalue weighted by Gasteiger charge is -2.30. The Morgan fingerprint density at radius 1 is 0.913 bits per heavy atom. The fraction of sp³-hybridized carbons (Fsp3) is 0.179. The summed E-state index contributed by atoms with van der Waals surface area (Å²) < 4.78 is 13.3. The van der Waals surface area contributed by atoms with Crippen LogP contribution in [0, 0.1) is 0 Å². The predicted octanol–water partition coefficient (Wildman–Crippen LogP) is 8.04. The fourth-order valence-corrected chi connectivity index (χ4v) is 5.93. The van der Waals surface area contributed by atoms with Gasteiger partial charge in [-0.25, -0.2) is 4.99 Å². The molecule has 0 aromatic heterocycles. The van der Waals surface area contributed by atoms with Crippen LogP contribution in [-0.4, -0.2) is 35.7 Å². The third kappa shape index (κ3) is 7.06. The van der Waals surface area contributed by atoms with Gasteiger partial charge in [0.1, 0.15) is 5.75 Å². The van der Waals surface area contributed by atoms with Crippen LogP contribution in [0.5, 0.6) is 5.75 Å². The second-order valence-corrected chi connectivity index (χ2v) is 12.1. The Morgan fingerprint density at radius 2 is 1.65 bits per heavy atom. The van der Waals surface area contributed by atoms with Crippen LogP contribution in [0.3, 0.4) is 0 Å². The molecule has 1 amide bonds. The Kier molecular flexibility index (Phi) is 9.91. The maximum atomic E-state index is 14.6. The van der Waals surface area contributed by atoms with E-state index in [1.54, 1.807) is 0 Å². The minimum Gasteiger partial charge on any atom is -0.494 e. The monoisotopic (exact) mass is 674 g/mol. The SMILES string of the molecule is O=C(NCc1cccc2ccccc12)[C@]1(C/C=C/c2ccccc2)N=C(c2ccc(OCCCO)cc2)O[C@@H]1c1ccc(Br)cc1. The summed E-state index contributed by atoms with van der Waals surface area (Å²) in [6.07, 6.45) is 4.22. The predicted molar refractivity (Wildman–Crippen MR) is 187 cm³/mol. The first-order valence-electron chi connectivity index (χ1n) is 15.4. The number of hydrogen-bond acceptors (Lipinski definition) is 5. The normalized spacial score (nSPS) is 17.5. The van der Waals surface area contributed by atoms with Gasteiger partial charge in [-0.05, 0) is 63.9 Å². The number of benzene rings is 5. The number of amides is 1. The van der Waals surface area contributed by atoms with E-state index >= 15 is 0 Å². The average molecular weight is 676 g/mol. The van der Waals surface area contributed by atoms with Gasteiger partial charge in [0, 0.05) is 36.0 Å². The quantitative estimate of drug-likeness (QED) is 0.131. The summed E-state index contributed by atoms with van der Waals surface area (Å²) in [6, 6.07) is 39.6. The zero-order valence-electron chi connectivity index (χ0n) is 25.3. The van der Waals surface area contributed by atoms with Crippen molar-refractivity contribution >= 4 is 44.6 Å². The number of halogens is 1. The van der Waals surface area contributed by atoms with Gasteiger partial charge < -0.3 is 19.9 Å². The van der Waals surface area contributed by atoms with Crippen molar-refractivity contribution in [2.75, 3.05) is 13.2 Å². The molecular formula is C39H35BrN2O4. The van der Waals surface area contributed by atoms with Gasteiger partial charge in [0.2, 0.25) is 5.90 Å². The lowest BCUT2D eigenvalue weighted by Crippen LogP contribution is -2.47. The zero-order valence-corrected chi connectivity index (χ0v) is 26.9. The van der Waals surface area contributed by atoms with Crippen LogP contribution in [-0.2, 0) is 16.1 Å². The van der Waals surface area contributed by atoms with Crippen LogP contribution in [0.4, 0.5) is 0 Å². The number of nitrogens with one attached hydrogen (secondary N) is 1. The molecule has 1 aliphatic heterocycles. The number of fused-ring (bicyclic) bond motifs is 1. The fourth-order valence-electron chi connectivity index (χ4n) is 5.67. The molecular weight excluding hydrogens is 640 g/mol. The largest absolute Gasteiger partial charge is 0.494 e. The van der Waals surface area contributed by atoms with E-state index in [2.05, 4.69) is 39.4 Å². The van der Waals surface area contributed by atoms with Gasteiger partial charge in [0.15, 0.2) is 11.6 Å². The van der Waals surface area contributed by atoms with E-state index in [0.717, 1.165) is 37.5 Å². The molecule has 0 spiro atoms. The average Bonchev–Trinajstić information content (AvgIpc) is 3.49. The maximum absolute atomic E-state index is 14.6. The molecule has 5 aromatic carbocycles. The highest BCUT2D eigenvalue weighted by molar-refractivity contribution is 9.10. The molecule has 7 heteroatoms. The Balaban J connectivity index is 1.38. The molecule has 0 fully saturated rings. The topological polar surface area (TPSA) is 80.2 Å². The summed E-state index contributed by atoms with van der Waals surface area (Å²) in [5.41, 5.74) is 2.37. The molecule has 5 aromatic rings. The molecule has 2 N–H and O–H groups in total. The third-order valence-corrected chi connectivity index (χ3v) is 8.59. The van der Waals surface area contributed by atoms with Crippen molar-refractivity contribution in [2.45, 2.75) is 31.0 Å². The number of nitrogens with zero attached hydrogens (tertiary/aromatic N) is 1. The summed E-state index contributed by atoms with van der Waals surface area (Å²) in [4.78, 5) is 19.7. The number of carbonyl (C=O) groups excluding carboxylic acids is 1. The van der Waals surface area contributed by atoms with Crippen molar-refractivity contribution in [3.05, 3.63) is 154 Å². The Labute approximate surface area is 277 Å². The van der Waals surface area contributed by atoms with E-state index in [-0.39, 0.29) is 12.5 Å². The summed E-state index contributed by atoms with van der Waals surface area (Å²) in [5.74, 6) is 0.860. The summed E-state index contributed by atoms with van der Waals surface area (Å²) >= 11 is 3.54. The van der Waals surface area contributed by atoms with Gasteiger partial charge in [0.25, 0.3) is 5.91 Å². The molecule has 0 saturated carbocycles. The van der Waals surface area contributed by atoms with Gasteiger partial charge in [-0.3, -0.25) is 4.79 Å². The van der Waals surface area contributed by atoms with Crippen LogP contribution in [0.15, 0.2) is 137 Å². The van der Waals surface area contributed by atoms with Crippen molar-refractivity contribution in [3.8, 4) is 5.75 Å². The maximum Gasteiger partial charge on any atom is 0.252 e. The van der Waals surface area contributed by atoms with Gasteiger partial charge in [-0.2, -0.15) is 0 Å². The molecule has 6 rings (SSSR count). The molecule has 2 atom stereocenters. The number of ether oxygens (including phenoxy) is 2. The third-order valence-electron chi connectivity index (χ3n) is 8.06. The summed E-state index contributed by atoms with van der Waals surface area (Å²) in [7, 11) is 0. The minimum absolute atomic E-state index is 0.0730. The van der Waals surface area contributed by atoms with Crippen molar-refractivity contribution in [2.24, 2.45) is 4.99 Å². The molecule has 1 heterocycles. The smallest absolute Gasteiger partial charge is 0.252 e. The van der Waals surface area contributed by atoms with E-state index in [1.165, 1.54) is 0 Å². The molecule has 0 bridgehead atoms. The van der Waals surface area contributed by atoms with E-state index < -0.39 is 11.6 Å². The standard InChI is InChI=1S/C39H35BrN2O4/c40-33-20-16-30(17-21-33)36-39(24-7-11-28-9-2-1-3-10-28,38(44)41-27-32-14-6-13-29-12-4-5-15-35(29)32)42-37(46-36)31-18-22-34(23-19-31)45-26-8-25-43/h1-7,9-23,36,43H,8,24-27H2,(H,41,44)/b11-7+/t36-,39-/m1/s1. The van der Waals surface area contributed by atoms with Gasteiger partial charge >= 0.3 is 0 Å². The Hall–Kier alpha value is -4.72. The first-order valence-corrected chi connectivity index (χ1v) is 16.2. The molecule has 6 nitrogen and oxygen atoms in total. The van der Waals surface area contributed by atoms with Crippen LogP contribution in [0.1, 0.15) is 41.2 Å². The Bertz CT molecular complexity index is 1830. The number of carbonyl (C=O) groups is 1. The number of aliphatic hydroxyl groups excluding tert-OH is 1. The lowest BCUT2D eigenvalue weighted by atomic mass is 9.84. The van der Waals surface area contributed by atoms with Crippen molar-refractivity contribution in [1.29, 1.82) is 0 Å². The number of rotatable bonds is 12. The molecule has 0 radical (unpaired) electrons. The summed E-state index contributed by atoms with van der Waals surface area (Å²) in [5, 5.41) is 14.5. The summed E-state index contributed by atoms with van der Waals surface area (Å²) in [6.45, 7) is 0.846. The molecule has 0 saturated heterocycles. The minimum atomic E-state index is -1.28. The van der Waals surface area contributed by atoms with Gasteiger partial charge in [0.05, 0.1) is 6.61 Å². The molecule has 0 aliphatic carbocycles. The van der Waals surface area contributed by atoms with Crippen LogP contribution in [0.25, 0.3) is 16.8 Å². The van der Waals surface area contributed by atoms with Crippen molar-refractivity contribution in [1.82, 2.24) is 5.32 Å². The van der Waals surface area contributed by atoms with Gasteiger partial charge in [-0.15, -0.1) is 0 Å². The number of hydrogen-bond donors (Lipinski definition) is 2. The molecule has 46 heavy (non-hydrogen) atoms. The number of aliphatic hydroxyl groups is 1. The lowest BCUT2D eigenvalue weighted by molar-refractivity contribution is -0.129. The van der Waals surface area contributed by atoms with Crippen LogP contribution >= 0.6 is 15.9 Å². The first-order chi connectivity index (χ1) is 22.6. The molecule has 232 valence electrons. The zero-order chi connectivity index (χ0) is 31.8. The second-order valence-electron chi connectivity index (χ2n) is 11.2. The van der Waals surface area contributed by atoms with Crippen molar-refractivity contribution in [3.63, 3.8) is 0 Å². The van der Waals surface area contributed by atoms with E-state index in [0.29, 0.717) is 37.6 Å². The molecule has 1 aliphatic rings. The van der Waals surface area contributed by atoms with Gasteiger partial charge in [-0.1, -0.05) is 113 Å². The Morgan fingerprint density at radius 3 is 2.43 bits per heavy atom. The number of aliphatic imine (C=N–C) groups is 1. The highest BCUT2D eigenvalue weighted by Gasteiger charge is 2.52. The molecule has 0 unspecified atom stereocenters. The van der Waals surface area contributed by atoms with Crippen LogP contribution < -0.4 is 10.1 Å². The van der Waals surface area contributed by atoms with Crippen LogP contribution in [0.2, 0.25) is 0 Å². The van der Waals surface area contributed by atoms with E-state index in [9.17, 15) is 4.79 Å². The highest BCUT2D eigenvalue weighted by Crippen LogP contribution is 2.43. The van der Waals surface area contributed by atoms with E-state index in [4.69, 9.17) is 19.6 Å². The highest BCUT2D eigenvalue weighted by atomic mass is 79.9. The van der Waals surface area contributed by atoms with E-state index in [1.807, 2.05) is 115 Å².